The molecule has 12 heteroatoms. The fourth-order valence-electron chi connectivity index (χ4n) is 5.42. The van der Waals surface area contributed by atoms with Crippen LogP contribution in [0.4, 0.5) is 0 Å². The van der Waals surface area contributed by atoms with Crippen molar-refractivity contribution in [2.24, 2.45) is 11.3 Å². The van der Waals surface area contributed by atoms with Crippen molar-refractivity contribution >= 4 is 21.8 Å². The summed E-state index contributed by atoms with van der Waals surface area (Å²) in [5.41, 5.74) is 1.20. The lowest BCUT2D eigenvalue weighted by Gasteiger charge is -2.34. The lowest BCUT2D eigenvalue weighted by Crippen LogP contribution is -2.59. The summed E-state index contributed by atoms with van der Waals surface area (Å²) in [5.74, 6) is -0.0884. The summed E-state index contributed by atoms with van der Waals surface area (Å²) in [6.45, 7) is 9.69. The van der Waals surface area contributed by atoms with Crippen LogP contribution in [0.15, 0.2) is 83.8 Å². The molecule has 4 N–H and O–H groups in total. The quantitative estimate of drug-likeness (QED) is 0.180. The molecule has 0 saturated carbocycles. The van der Waals surface area contributed by atoms with Gasteiger partial charge in [-0.2, -0.15) is 4.31 Å². The number of nitrogens with zero attached hydrogens (tertiary/aromatic N) is 1. The summed E-state index contributed by atoms with van der Waals surface area (Å²) in [7, 11) is -4.07. The van der Waals surface area contributed by atoms with Crippen molar-refractivity contribution in [2.75, 3.05) is 26.4 Å². The highest BCUT2D eigenvalue weighted by Gasteiger charge is 2.37. The molecule has 1 heterocycles. The van der Waals surface area contributed by atoms with E-state index in [-0.39, 0.29) is 49.6 Å². The molecule has 0 bridgehead atoms. The zero-order valence-corrected chi connectivity index (χ0v) is 29.1. The first-order chi connectivity index (χ1) is 22.7. The van der Waals surface area contributed by atoms with E-state index in [1.165, 1.54) is 16.4 Å². The Labute approximate surface area is 284 Å². The van der Waals surface area contributed by atoms with Crippen molar-refractivity contribution in [3.8, 4) is 11.5 Å². The Bertz CT molecular complexity index is 1610. The van der Waals surface area contributed by atoms with E-state index in [1.54, 1.807) is 6.07 Å². The monoisotopic (exact) mass is 680 g/mol. The van der Waals surface area contributed by atoms with Gasteiger partial charge in [0.05, 0.1) is 23.6 Å². The van der Waals surface area contributed by atoms with Gasteiger partial charge in [0.2, 0.25) is 28.6 Å². The maximum Gasteiger partial charge on any atom is 0.243 e. The van der Waals surface area contributed by atoms with Crippen molar-refractivity contribution in [1.82, 2.24) is 20.3 Å². The van der Waals surface area contributed by atoms with Crippen LogP contribution in [0.25, 0.3) is 0 Å². The molecule has 1 aliphatic rings. The van der Waals surface area contributed by atoms with E-state index in [9.17, 15) is 23.1 Å². The first-order valence-electron chi connectivity index (χ1n) is 16.2. The average Bonchev–Trinajstić information content (AvgIpc) is 3.51. The Hall–Kier alpha value is -3.97. The first kappa shape index (κ1) is 36.9. The molecular formula is C36H48N4O7S. The van der Waals surface area contributed by atoms with Crippen LogP contribution >= 0.6 is 0 Å². The smallest absolute Gasteiger partial charge is 0.243 e. The van der Waals surface area contributed by atoms with Gasteiger partial charge >= 0.3 is 0 Å². The maximum atomic E-state index is 13.9. The SMILES string of the molecule is CC(C)CN(C[C@@H](O)[C@H](Cc1ccccc1)NC(=O)[C@@H](NC(=O)CNCc1ccccc1)C(C)(C)C)S(=O)(=O)c1ccc2c(c1)OCO2. The molecule has 1 aliphatic heterocycles. The number of carbonyl (C=O) groups is 2. The van der Waals surface area contributed by atoms with Gasteiger partial charge in [-0.05, 0) is 41.0 Å². The second kappa shape index (κ2) is 16.4. The predicted octanol–water partition coefficient (Wildman–Crippen LogP) is 3.47. The third-order valence-electron chi connectivity index (χ3n) is 7.92. The number of hydrogen-bond donors (Lipinski definition) is 4. The molecule has 3 atom stereocenters. The van der Waals surface area contributed by atoms with Gasteiger partial charge in [-0.15, -0.1) is 0 Å². The number of nitrogens with one attached hydrogen (secondary N) is 3. The molecule has 48 heavy (non-hydrogen) atoms. The number of rotatable bonds is 16. The summed E-state index contributed by atoms with van der Waals surface area (Å²) >= 11 is 0. The minimum atomic E-state index is -4.07. The summed E-state index contributed by atoms with van der Waals surface area (Å²) in [5, 5.41) is 20.6. The van der Waals surface area contributed by atoms with Crippen LogP contribution in [-0.2, 0) is 32.6 Å². The molecule has 11 nitrogen and oxygen atoms in total. The van der Waals surface area contributed by atoms with E-state index in [4.69, 9.17) is 9.47 Å². The maximum absolute atomic E-state index is 13.9. The average molecular weight is 681 g/mol. The van der Waals surface area contributed by atoms with Crippen LogP contribution in [0.1, 0.15) is 45.7 Å². The standard InChI is InChI=1S/C36H48N4O7S/c1-25(2)22-40(48(44,45)28-16-17-31-32(19-28)47-24-46-31)23-30(41)29(18-26-12-8-6-9-13-26)38-35(43)34(36(3,4)5)39-33(42)21-37-20-27-14-10-7-11-15-27/h6-17,19,25,29-30,34,37,41H,18,20-24H2,1-5H3,(H,38,43)(H,39,42)/t29-,30+,34+/m0/s1. The number of fused-ring (bicyclic) bond motifs is 1. The van der Waals surface area contributed by atoms with E-state index >= 15 is 0 Å². The van der Waals surface area contributed by atoms with Gasteiger partial charge in [0.1, 0.15) is 6.04 Å². The summed E-state index contributed by atoms with van der Waals surface area (Å²) in [6, 6.07) is 21.6. The number of sulfonamides is 1. The van der Waals surface area contributed by atoms with Gasteiger partial charge in [-0.1, -0.05) is 95.3 Å². The molecule has 260 valence electrons. The summed E-state index contributed by atoms with van der Waals surface area (Å²) < 4.78 is 39.8. The Balaban J connectivity index is 1.52. The highest BCUT2D eigenvalue weighted by Crippen LogP contribution is 2.35. The number of carbonyl (C=O) groups excluding carboxylic acids is 2. The molecule has 0 unspecified atom stereocenters. The molecule has 3 aromatic carbocycles. The van der Waals surface area contributed by atoms with Gasteiger partial charge in [-0.25, -0.2) is 8.42 Å². The van der Waals surface area contributed by atoms with Crippen molar-refractivity contribution < 1.29 is 32.6 Å². The predicted molar refractivity (Wildman–Crippen MR) is 184 cm³/mol. The van der Waals surface area contributed by atoms with E-state index < -0.39 is 39.5 Å². The lowest BCUT2D eigenvalue weighted by molar-refractivity contribution is -0.132. The Morgan fingerprint density at radius 3 is 2.12 bits per heavy atom. The van der Waals surface area contributed by atoms with Crippen molar-refractivity contribution in [1.29, 1.82) is 0 Å². The molecule has 0 radical (unpaired) electrons. The zero-order chi connectivity index (χ0) is 34.9. The third kappa shape index (κ3) is 10.3. The molecule has 0 spiro atoms. The number of aliphatic hydroxyl groups excluding tert-OH is 1. The van der Waals surface area contributed by atoms with Gasteiger partial charge in [-0.3, -0.25) is 9.59 Å². The first-order valence-corrected chi connectivity index (χ1v) is 17.6. The van der Waals surface area contributed by atoms with E-state index in [1.807, 2.05) is 95.3 Å². The molecular weight excluding hydrogens is 632 g/mol. The molecule has 3 aromatic rings. The van der Waals surface area contributed by atoms with Crippen LogP contribution in [0.3, 0.4) is 0 Å². The fraction of sp³-hybridized carbons (Fsp3) is 0.444. The normalized spacial score (nSPS) is 14.8. The minimum Gasteiger partial charge on any atom is -0.454 e. The van der Waals surface area contributed by atoms with Crippen molar-refractivity contribution in [2.45, 2.75) is 70.7 Å². The minimum absolute atomic E-state index is 0.00665. The fourth-order valence-corrected chi connectivity index (χ4v) is 7.06. The van der Waals surface area contributed by atoms with Crippen molar-refractivity contribution in [3.63, 3.8) is 0 Å². The zero-order valence-electron chi connectivity index (χ0n) is 28.3. The van der Waals surface area contributed by atoms with Gasteiger partial charge in [0, 0.05) is 25.7 Å². The number of ether oxygens (including phenoxy) is 2. The van der Waals surface area contributed by atoms with Gasteiger partial charge < -0.3 is 30.5 Å². The van der Waals surface area contributed by atoms with Crippen LogP contribution in [-0.4, -0.2) is 74.3 Å². The number of hydrogen-bond acceptors (Lipinski definition) is 8. The van der Waals surface area contributed by atoms with Crippen LogP contribution in [0.2, 0.25) is 0 Å². The third-order valence-corrected chi connectivity index (χ3v) is 9.75. The Kier molecular flexibility index (Phi) is 12.6. The summed E-state index contributed by atoms with van der Waals surface area (Å²) in [4.78, 5) is 26.9. The second-order valence-electron chi connectivity index (χ2n) is 13.6. The number of amides is 2. The Morgan fingerprint density at radius 2 is 1.50 bits per heavy atom. The van der Waals surface area contributed by atoms with E-state index in [0.717, 1.165) is 11.1 Å². The van der Waals surface area contributed by atoms with Gasteiger partial charge in [0.25, 0.3) is 0 Å². The molecule has 0 saturated heterocycles. The molecule has 4 rings (SSSR count). The van der Waals surface area contributed by atoms with Gasteiger partial charge in [0.15, 0.2) is 11.5 Å². The molecule has 0 aliphatic carbocycles. The Morgan fingerprint density at radius 1 is 0.875 bits per heavy atom. The lowest BCUT2D eigenvalue weighted by atomic mass is 9.85. The van der Waals surface area contributed by atoms with E-state index in [0.29, 0.717) is 18.0 Å². The van der Waals surface area contributed by atoms with Crippen molar-refractivity contribution in [3.05, 3.63) is 90.0 Å². The molecule has 0 aromatic heterocycles. The highest BCUT2D eigenvalue weighted by molar-refractivity contribution is 7.89. The van der Waals surface area contributed by atoms with Crippen LogP contribution in [0, 0.1) is 11.3 Å². The topological polar surface area (TPSA) is 146 Å². The van der Waals surface area contributed by atoms with Crippen LogP contribution < -0.4 is 25.4 Å². The summed E-state index contributed by atoms with van der Waals surface area (Å²) in [6.07, 6.45) is -1.06. The number of aliphatic hydroxyl groups is 1. The van der Waals surface area contributed by atoms with E-state index in [2.05, 4.69) is 16.0 Å². The number of benzene rings is 3. The molecule has 0 fully saturated rings. The largest absolute Gasteiger partial charge is 0.454 e. The highest BCUT2D eigenvalue weighted by atomic mass is 32.2. The second-order valence-corrected chi connectivity index (χ2v) is 15.5. The van der Waals surface area contributed by atoms with Crippen LogP contribution in [0.5, 0.6) is 11.5 Å². The molecule has 2 amide bonds.